The molecule has 0 amide bonds. The summed E-state index contributed by atoms with van der Waals surface area (Å²) in [6.45, 7) is 5.32. The molecule has 5 heterocycles. The van der Waals surface area contributed by atoms with Crippen LogP contribution in [0.1, 0.15) is 25.3 Å². The average Bonchev–Trinajstić information content (AvgIpc) is 3.26. The Morgan fingerprint density at radius 1 is 0.881 bits per heavy atom. The monoisotopic (exact) mass is 594 g/mol. The van der Waals surface area contributed by atoms with Crippen molar-refractivity contribution < 1.29 is 9.13 Å². The van der Waals surface area contributed by atoms with Gasteiger partial charge in [-0.2, -0.15) is 0 Å². The fraction of sp³-hybridized carbons (Fsp3) is 0.433. The number of ether oxygens (including phenoxy) is 1. The second kappa shape index (κ2) is 12.0. The van der Waals surface area contributed by atoms with E-state index >= 15 is 4.39 Å². The predicted octanol–water partition coefficient (Wildman–Crippen LogP) is 3.40. The van der Waals surface area contributed by atoms with Crippen molar-refractivity contribution in [2.75, 3.05) is 45.0 Å². The number of nitrogens with two attached hydrogens (primary N) is 1. The Morgan fingerprint density at radius 3 is 2.24 bits per heavy atom. The van der Waals surface area contributed by atoms with E-state index in [1.54, 1.807) is 24.3 Å². The Bertz CT molecular complexity index is 1570. The first-order chi connectivity index (χ1) is 20.1. The van der Waals surface area contributed by atoms with Gasteiger partial charge in [0.25, 0.3) is 0 Å². The van der Waals surface area contributed by atoms with Gasteiger partial charge in [0, 0.05) is 51.4 Å². The zero-order valence-corrected chi connectivity index (χ0v) is 24.1. The van der Waals surface area contributed by atoms with E-state index in [0.717, 1.165) is 45.6 Å². The van der Waals surface area contributed by atoms with E-state index < -0.39 is 12.2 Å². The second-order valence-electron chi connectivity index (χ2n) is 11.3. The highest BCUT2D eigenvalue weighted by Gasteiger charge is 2.38. The second-order valence-corrected chi connectivity index (χ2v) is 11.3. The van der Waals surface area contributed by atoms with Crippen LogP contribution in [-0.2, 0) is 0 Å². The summed E-state index contributed by atoms with van der Waals surface area (Å²) < 4.78 is 24.9. The molecule has 2 atom stereocenters. The number of alkyl halides is 1. The Hall–Kier alpha value is -3.51. The molecule has 0 saturated carbocycles. The van der Waals surface area contributed by atoms with Crippen LogP contribution in [-0.4, -0.2) is 86.4 Å². The molecule has 0 radical (unpaired) electrons. The topological polar surface area (TPSA) is 106 Å². The fourth-order valence-corrected chi connectivity index (χ4v) is 6.58. The molecule has 12 heteroatoms. The van der Waals surface area contributed by atoms with Crippen molar-refractivity contribution in [1.29, 1.82) is 0 Å². The van der Waals surface area contributed by atoms with Gasteiger partial charge >= 0.3 is 5.69 Å². The maximum absolute atomic E-state index is 16.0. The smallest absolute Gasteiger partial charge is 0.335 e. The highest BCUT2D eigenvalue weighted by atomic mass is 35.5. The molecule has 222 valence electrons. The van der Waals surface area contributed by atoms with Crippen LogP contribution in [0.2, 0.25) is 0 Å². The number of benzene rings is 2. The number of halogens is 2. The van der Waals surface area contributed by atoms with Crippen LogP contribution in [0.15, 0.2) is 65.7 Å². The van der Waals surface area contributed by atoms with Gasteiger partial charge < -0.3 is 15.8 Å². The van der Waals surface area contributed by atoms with Crippen LogP contribution in [0.5, 0.6) is 11.5 Å². The summed E-state index contributed by atoms with van der Waals surface area (Å²) in [5.74, 6) is 1.53. The predicted molar refractivity (Wildman–Crippen MR) is 163 cm³/mol. The number of nitrogen functional groups attached to an aromatic ring is 1. The van der Waals surface area contributed by atoms with E-state index in [2.05, 4.69) is 25.1 Å². The minimum atomic E-state index is -1.20. The van der Waals surface area contributed by atoms with E-state index in [4.69, 9.17) is 10.5 Å². The number of nitrogens with zero attached hydrogens (tertiary/aromatic N) is 6. The van der Waals surface area contributed by atoms with Gasteiger partial charge in [-0.05, 0) is 55.7 Å². The standard InChI is InChI=1S/C30H35FN8O2.ClH/c31-25-18-37(20-10-13-36(14-11-20)22-16-33-17-22)15-12-26(25)39-29-27(28(32)34-19-35-29)38(30(39)40)21-6-8-24(9-7-21)41-23-4-2-1-3-5-23;/h1-9,19-20,22,25-26,33H,10-18H2,(H2,32,34,35);1H/t25-,26+;/m0./s1. The van der Waals surface area contributed by atoms with E-state index in [-0.39, 0.29) is 23.9 Å². The third kappa shape index (κ3) is 5.26. The number of rotatable bonds is 6. The lowest BCUT2D eigenvalue weighted by atomic mass is 9.95. The van der Waals surface area contributed by atoms with Gasteiger partial charge in [-0.3, -0.25) is 18.9 Å². The van der Waals surface area contributed by atoms with Gasteiger partial charge in [0.1, 0.15) is 29.5 Å². The quantitative estimate of drug-likeness (QED) is 0.350. The molecule has 3 fully saturated rings. The van der Waals surface area contributed by atoms with Crippen LogP contribution in [0.25, 0.3) is 16.9 Å². The molecule has 42 heavy (non-hydrogen) atoms. The molecular weight excluding hydrogens is 559 g/mol. The Kier molecular flexibility index (Phi) is 8.17. The van der Waals surface area contributed by atoms with E-state index in [1.807, 2.05) is 30.3 Å². The minimum absolute atomic E-state index is 0. The maximum Gasteiger partial charge on any atom is 0.335 e. The summed E-state index contributed by atoms with van der Waals surface area (Å²) in [5.41, 5.74) is 7.24. The van der Waals surface area contributed by atoms with E-state index in [9.17, 15) is 4.79 Å². The van der Waals surface area contributed by atoms with Crippen molar-refractivity contribution in [3.05, 3.63) is 71.4 Å². The van der Waals surface area contributed by atoms with Crippen molar-refractivity contribution in [2.45, 2.75) is 43.6 Å². The van der Waals surface area contributed by atoms with Crippen LogP contribution < -0.4 is 21.5 Å². The molecule has 0 unspecified atom stereocenters. The number of aromatic nitrogens is 4. The lowest BCUT2D eigenvalue weighted by molar-refractivity contribution is 0.0206. The Labute approximate surface area is 249 Å². The van der Waals surface area contributed by atoms with E-state index in [0.29, 0.717) is 53.4 Å². The highest BCUT2D eigenvalue weighted by Crippen LogP contribution is 2.32. The molecular formula is C30H36ClFN8O2. The molecule has 0 bridgehead atoms. The first kappa shape index (κ1) is 28.6. The van der Waals surface area contributed by atoms with Crippen molar-refractivity contribution in [1.82, 2.24) is 34.2 Å². The number of likely N-dealkylation sites (tertiary alicyclic amines) is 2. The first-order valence-corrected chi connectivity index (χ1v) is 14.5. The number of hydrogen-bond acceptors (Lipinski definition) is 8. The van der Waals surface area contributed by atoms with Gasteiger partial charge in [0.15, 0.2) is 11.5 Å². The van der Waals surface area contributed by atoms with Crippen molar-refractivity contribution >= 4 is 29.4 Å². The normalized spacial score (nSPS) is 22.5. The molecule has 3 N–H and O–H groups in total. The lowest BCUT2D eigenvalue weighted by Gasteiger charge is -2.46. The third-order valence-corrected chi connectivity index (χ3v) is 8.92. The van der Waals surface area contributed by atoms with Crippen LogP contribution in [0.4, 0.5) is 10.2 Å². The number of para-hydroxylation sites is 1. The molecule has 10 nitrogen and oxygen atoms in total. The van der Waals surface area contributed by atoms with Crippen LogP contribution in [0.3, 0.4) is 0 Å². The molecule has 0 spiro atoms. The lowest BCUT2D eigenvalue weighted by Crippen LogP contribution is -2.60. The molecule has 4 aromatic rings. The van der Waals surface area contributed by atoms with Gasteiger partial charge in [0.05, 0.1) is 11.7 Å². The minimum Gasteiger partial charge on any atom is -0.457 e. The third-order valence-electron chi connectivity index (χ3n) is 8.92. The summed E-state index contributed by atoms with van der Waals surface area (Å²) in [6.07, 6.45) is 2.78. The van der Waals surface area contributed by atoms with Gasteiger partial charge in [0.2, 0.25) is 0 Å². The van der Waals surface area contributed by atoms with Crippen molar-refractivity contribution in [3.63, 3.8) is 0 Å². The molecule has 3 aliphatic rings. The Morgan fingerprint density at radius 2 is 1.57 bits per heavy atom. The summed E-state index contributed by atoms with van der Waals surface area (Å²) in [5, 5.41) is 3.35. The summed E-state index contributed by atoms with van der Waals surface area (Å²) in [4.78, 5) is 27.4. The zero-order chi connectivity index (χ0) is 27.9. The number of piperidine rings is 2. The maximum atomic E-state index is 16.0. The number of fused-ring (bicyclic) bond motifs is 1. The summed E-state index contributed by atoms with van der Waals surface area (Å²) in [7, 11) is 0. The number of hydrogen-bond donors (Lipinski definition) is 2. The van der Waals surface area contributed by atoms with Crippen LogP contribution >= 0.6 is 12.4 Å². The molecule has 3 saturated heterocycles. The molecule has 7 rings (SSSR count). The first-order valence-electron chi connectivity index (χ1n) is 14.5. The molecule has 2 aromatic heterocycles. The molecule has 3 aliphatic heterocycles. The largest absolute Gasteiger partial charge is 0.457 e. The molecule has 0 aliphatic carbocycles. The summed E-state index contributed by atoms with van der Waals surface area (Å²) >= 11 is 0. The van der Waals surface area contributed by atoms with Crippen LogP contribution in [0, 0.1) is 0 Å². The number of anilines is 1. The fourth-order valence-electron chi connectivity index (χ4n) is 6.58. The summed E-state index contributed by atoms with van der Waals surface area (Å²) in [6, 6.07) is 17.1. The van der Waals surface area contributed by atoms with Gasteiger partial charge in [-0.15, -0.1) is 12.4 Å². The van der Waals surface area contributed by atoms with Gasteiger partial charge in [-0.25, -0.2) is 19.2 Å². The Balaban J connectivity index is 0.00000316. The van der Waals surface area contributed by atoms with Crippen molar-refractivity contribution in [3.8, 4) is 17.2 Å². The number of imidazole rings is 1. The zero-order valence-electron chi connectivity index (χ0n) is 23.3. The van der Waals surface area contributed by atoms with E-state index in [1.165, 1.54) is 15.5 Å². The SMILES string of the molecule is Cl.Nc1ncnc2c1n(-c1ccc(Oc3ccccc3)cc1)c(=O)n2[C@@H]1CCN(C2CCN(C3CNC3)CC2)C[C@@H]1F. The van der Waals surface area contributed by atoms with Crippen molar-refractivity contribution in [2.24, 2.45) is 0 Å². The highest BCUT2D eigenvalue weighted by molar-refractivity contribution is 5.85. The molecule has 2 aromatic carbocycles. The van der Waals surface area contributed by atoms with Gasteiger partial charge in [-0.1, -0.05) is 18.2 Å². The number of nitrogens with one attached hydrogen (secondary N) is 1. The average molecular weight is 595 g/mol.